The Kier molecular flexibility index (Phi) is 3.39. The van der Waals surface area contributed by atoms with E-state index in [0.717, 1.165) is 0 Å². The summed E-state index contributed by atoms with van der Waals surface area (Å²) in [6.45, 7) is 0. The summed E-state index contributed by atoms with van der Waals surface area (Å²) in [7, 11) is 1.39. The summed E-state index contributed by atoms with van der Waals surface area (Å²) in [4.78, 5) is 4.14. The van der Waals surface area contributed by atoms with E-state index in [1.807, 2.05) is 0 Å². The molecule has 7 heteroatoms. The molecule has 3 rings (SSSR count). The van der Waals surface area contributed by atoms with Crippen molar-refractivity contribution in [2.24, 2.45) is 0 Å². The normalized spacial score (nSPS) is 11.0. The fraction of sp³-hybridized carbons (Fsp3) is 0.0714. The molecule has 0 aliphatic carbocycles. The van der Waals surface area contributed by atoms with Gasteiger partial charge in [0.15, 0.2) is 11.6 Å². The van der Waals surface area contributed by atoms with E-state index in [4.69, 9.17) is 33.7 Å². The first-order valence-electron chi connectivity index (χ1n) is 5.98. The minimum atomic E-state index is -0.514. The Labute approximate surface area is 129 Å². The Balaban J connectivity index is 2.40. The minimum Gasteiger partial charge on any atom is -0.494 e. The van der Waals surface area contributed by atoms with Gasteiger partial charge < -0.3 is 10.5 Å². The number of nitrogen functional groups attached to an aromatic ring is 1. The molecule has 1 aromatic heterocycles. The maximum Gasteiger partial charge on any atom is 0.206 e. The summed E-state index contributed by atoms with van der Waals surface area (Å²) in [5, 5.41) is 0.827. The van der Waals surface area contributed by atoms with Crippen molar-refractivity contribution < 1.29 is 9.13 Å². The molecule has 108 valence electrons. The topological polar surface area (TPSA) is 53.1 Å². The van der Waals surface area contributed by atoms with E-state index in [9.17, 15) is 4.39 Å². The van der Waals surface area contributed by atoms with Gasteiger partial charge in [-0.05, 0) is 12.1 Å². The van der Waals surface area contributed by atoms with E-state index < -0.39 is 5.82 Å². The molecule has 3 aromatic rings. The number of nitrogens with zero attached hydrogens (tertiary/aromatic N) is 2. The highest BCUT2D eigenvalue weighted by Crippen LogP contribution is 2.35. The second-order valence-electron chi connectivity index (χ2n) is 4.35. The number of benzene rings is 2. The molecule has 2 N–H and O–H groups in total. The molecule has 0 aliphatic heterocycles. The summed E-state index contributed by atoms with van der Waals surface area (Å²) in [5.74, 6) is -0.264. The Morgan fingerprint density at radius 3 is 2.52 bits per heavy atom. The van der Waals surface area contributed by atoms with Gasteiger partial charge >= 0.3 is 0 Å². The monoisotopic (exact) mass is 325 g/mol. The molecule has 21 heavy (non-hydrogen) atoms. The van der Waals surface area contributed by atoms with Gasteiger partial charge in [0.25, 0.3) is 0 Å². The van der Waals surface area contributed by atoms with Crippen molar-refractivity contribution in [1.82, 2.24) is 9.55 Å². The first-order valence-corrected chi connectivity index (χ1v) is 6.74. The lowest BCUT2D eigenvalue weighted by Crippen LogP contribution is -2.02. The van der Waals surface area contributed by atoms with Crippen LogP contribution >= 0.6 is 23.2 Å². The van der Waals surface area contributed by atoms with Gasteiger partial charge in [0.05, 0.1) is 33.9 Å². The number of ether oxygens (including phenoxy) is 1. The maximum absolute atomic E-state index is 13.8. The molecule has 0 fully saturated rings. The van der Waals surface area contributed by atoms with Crippen molar-refractivity contribution in [2.45, 2.75) is 0 Å². The van der Waals surface area contributed by atoms with Crippen LogP contribution in [0.15, 0.2) is 30.3 Å². The standard InChI is InChI=1S/C14H10Cl2FN3O/c1-21-12-6-11-10(5-9(12)17)19-14(18)20(11)13-7(15)3-2-4-8(13)16/h2-6H,1H3,(H2,18,19). The lowest BCUT2D eigenvalue weighted by atomic mass is 10.2. The highest BCUT2D eigenvalue weighted by molar-refractivity contribution is 6.38. The molecular formula is C14H10Cl2FN3O. The molecule has 0 saturated carbocycles. The van der Waals surface area contributed by atoms with Crippen molar-refractivity contribution in [2.75, 3.05) is 12.8 Å². The van der Waals surface area contributed by atoms with Crippen LogP contribution in [0.25, 0.3) is 16.7 Å². The number of anilines is 1. The zero-order valence-corrected chi connectivity index (χ0v) is 12.4. The number of imidazole rings is 1. The number of fused-ring (bicyclic) bond motifs is 1. The second-order valence-corrected chi connectivity index (χ2v) is 5.17. The zero-order chi connectivity index (χ0) is 15.1. The molecule has 2 aromatic carbocycles. The van der Waals surface area contributed by atoms with E-state index >= 15 is 0 Å². The summed E-state index contributed by atoms with van der Waals surface area (Å²) < 4.78 is 20.3. The fourth-order valence-corrected chi connectivity index (χ4v) is 2.76. The van der Waals surface area contributed by atoms with Crippen LogP contribution in [0.5, 0.6) is 5.75 Å². The summed E-state index contributed by atoms with van der Waals surface area (Å²) in [5.41, 5.74) is 7.38. The minimum absolute atomic E-state index is 0.0897. The van der Waals surface area contributed by atoms with Gasteiger partial charge in [-0.15, -0.1) is 0 Å². The third-order valence-corrected chi connectivity index (χ3v) is 3.73. The molecule has 0 radical (unpaired) electrons. The third-order valence-electron chi connectivity index (χ3n) is 3.12. The van der Waals surface area contributed by atoms with Crippen molar-refractivity contribution in [3.63, 3.8) is 0 Å². The highest BCUT2D eigenvalue weighted by atomic mass is 35.5. The molecule has 0 amide bonds. The molecule has 0 aliphatic rings. The van der Waals surface area contributed by atoms with E-state index in [1.165, 1.54) is 19.2 Å². The van der Waals surface area contributed by atoms with Crippen LogP contribution in [0, 0.1) is 5.82 Å². The van der Waals surface area contributed by atoms with Crippen LogP contribution in [0.2, 0.25) is 10.0 Å². The molecule has 0 unspecified atom stereocenters. The number of methoxy groups -OCH3 is 1. The van der Waals surface area contributed by atoms with E-state index in [2.05, 4.69) is 4.98 Å². The van der Waals surface area contributed by atoms with E-state index in [0.29, 0.717) is 26.8 Å². The van der Waals surface area contributed by atoms with Crippen LogP contribution < -0.4 is 10.5 Å². The smallest absolute Gasteiger partial charge is 0.206 e. The molecule has 0 saturated heterocycles. The largest absolute Gasteiger partial charge is 0.494 e. The van der Waals surface area contributed by atoms with E-state index in [1.54, 1.807) is 22.8 Å². The number of para-hydroxylation sites is 1. The highest BCUT2D eigenvalue weighted by Gasteiger charge is 2.18. The van der Waals surface area contributed by atoms with Crippen LogP contribution in [-0.4, -0.2) is 16.7 Å². The van der Waals surface area contributed by atoms with Gasteiger partial charge in [0.1, 0.15) is 0 Å². The SMILES string of the molecule is COc1cc2c(cc1F)nc(N)n2-c1c(Cl)cccc1Cl. The Morgan fingerprint density at radius 2 is 1.90 bits per heavy atom. The molecule has 1 heterocycles. The number of rotatable bonds is 2. The van der Waals surface area contributed by atoms with Gasteiger partial charge in [-0.3, -0.25) is 4.57 Å². The summed E-state index contributed by atoms with van der Waals surface area (Å²) >= 11 is 12.4. The van der Waals surface area contributed by atoms with Crippen molar-refractivity contribution in [3.8, 4) is 11.4 Å². The lowest BCUT2D eigenvalue weighted by Gasteiger charge is -2.11. The number of nitrogens with two attached hydrogens (primary N) is 1. The average Bonchev–Trinajstić information content (AvgIpc) is 2.73. The fourth-order valence-electron chi connectivity index (χ4n) is 2.19. The van der Waals surface area contributed by atoms with Gasteiger partial charge in [-0.2, -0.15) is 0 Å². The number of hydrogen-bond donors (Lipinski definition) is 1. The Bertz CT molecular complexity index is 828. The molecule has 0 bridgehead atoms. The molecule has 0 atom stereocenters. The van der Waals surface area contributed by atoms with Crippen LogP contribution in [0.1, 0.15) is 0 Å². The number of halogens is 3. The predicted octanol–water partition coefficient (Wildman–Crippen LogP) is 4.06. The third kappa shape index (κ3) is 2.18. The van der Waals surface area contributed by atoms with Gasteiger partial charge in [0.2, 0.25) is 5.95 Å². The van der Waals surface area contributed by atoms with Crippen LogP contribution in [-0.2, 0) is 0 Å². The van der Waals surface area contributed by atoms with Gasteiger partial charge in [-0.1, -0.05) is 29.3 Å². The van der Waals surface area contributed by atoms with Crippen LogP contribution in [0.3, 0.4) is 0 Å². The second kappa shape index (κ2) is 5.09. The number of aromatic nitrogens is 2. The summed E-state index contributed by atoms with van der Waals surface area (Å²) in [6.07, 6.45) is 0. The quantitative estimate of drug-likeness (QED) is 0.772. The molecule has 0 spiro atoms. The summed E-state index contributed by atoms with van der Waals surface area (Å²) in [6, 6.07) is 7.87. The van der Waals surface area contributed by atoms with Crippen molar-refractivity contribution >= 4 is 40.2 Å². The number of hydrogen-bond acceptors (Lipinski definition) is 3. The Hall–Kier alpha value is -1.98. The lowest BCUT2D eigenvalue weighted by molar-refractivity contribution is 0.387. The first kappa shape index (κ1) is 14.0. The van der Waals surface area contributed by atoms with Crippen LogP contribution in [0.4, 0.5) is 10.3 Å². The Morgan fingerprint density at radius 1 is 1.24 bits per heavy atom. The first-order chi connectivity index (χ1) is 10.0. The predicted molar refractivity (Wildman–Crippen MR) is 82.0 cm³/mol. The van der Waals surface area contributed by atoms with Crippen molar-refractivity contribution in [3.05, 3.63) is 46.2 Å². The average molecular weight is 326 g/mol. The van der Waals surface area contributed by atoms with Crippen molar-refractivity contribution in [1.29, 1.82) is 0 Å². The zero-order valence-electron chi connectivity index (χ0n) is 10.9. The van der Waals surface area contributed by atoms with Gasteiger partial charge in [-0.25, -0.2) is 9.37 Å². The molecular weight excluding hydrogens is 316 g/mol. The maximum atomic E-state index is 13.8. The van der Waals surface area contributed by atoms with E-state index in [-0.39, 0.29) is 11.7 Å². The van der Waals surface area contributed by atoms with Gasteiger partial charge in [0, 0.05) is 12.1 Å². The molecule has 4 nitrogen and oxygen atoms in total.